The SMILES string of the molecule is c1ccc(-c2nc(-c3cccc(-c4nc(-c5ccccc5)c(-c5ccccc5)nc4-c4ccncc4)c3)nc(-c3ccc4c(c3)oc3ccccc34)n2)cc1. The quantitative estimate of drug-likeness (QED) is 0.163. The molecule has 0 aliphatic heterocycles. The molecule has 55 heavy (non-hydrogen) atoms. The summed E-state index contributed by atoms with van der Waals surface area (Å²) in [5.74, 6) is 1.66. The highest BCUT2D eigenvalue weighted by Crippen LogP contribution is 2.38. The van der Waals surface area contributed by atoms with Gasteiger partial charge in [0.2, 0.25) is 0 Å². The van der Waals surface area contributed by atoms with Crippen LogP contribution in [-0.2, 0) is 0 Å². The Hall–Kier alpha value is -7.64. The number of fused-ring (bicyclic) bond motifs is 3. The molecule has 0 saturated heterocycles. The second-order valence-corrected chi connectivity index (χ2v) is 13.1. The average molecular weight is 707 g/mol. The molecule has 0 aliphatic rings. The molecule has 0 amide bonds. The Labute approximate surface area is 316 Å². The Kier molecular flexibility index (Phi) is 8.00. The maximum atomic E-state index is 6.25. The van der Waals surface area contributed by atoms with Gasteiger partial charge in [0.15, 0.2) is 17.5 Å². The number of hydrogen-bond donors (Lipinski definition) is 0. The first kappa shape index (κ1) is 32.0. The second kappa shape index (κ2) is 13.7. The van der Waals surface area contributed by atoms with Gasteiger partial charge in [0, 0.05) is 62.1 Å². The molecule has 10 rings (SSSR count). The maximum absolute atomic E-state index is 6.25. The van der Waals surface area contributed by atoms with Gasteiger partial charge >= 0.3 is 0 Å². The highest BCUT2D eigenvalue weighted by atomic mass is 16.3. The normalized spacial score (nSPS) is 11.3. The van der Waals surface area contributed by atoms with Gasteiger partial charge in [0.25, 0.3) is 0 Å². The Bertz CT molecular complexity index is 2970. The summed E-state index contributed by atoms with van der Waals surface area (Å²) in [6.07, 6.45) is 3.56. The van der Waals surface area contributed by atoms with E-state index in [9.17, 15) is 0 Å². The van der Waals surface area contributed by atoms with Gasteiger partial charge in [-0.25, -0.2) is 24.9 Å². The lowest BCUT2D eigenvalue weighted by Gasteiger charge is -2.16. The Balaban J connectivity index is 1.16. The molecular formula is C48H30N6O. The smallest absolute Gasteiger partial charge is 0.164 e. The van der Waals surface area contributed by atoms with Crippen LogP contribution in [0.3, 0.4) is 0 Å². The summed E-state index contributed by atoms with van der Waals surface area (Å²) in [5.41, 5.74) is 11.0. The number of furan rings is 1. The predicted octanol–water partition coefficient (Wildman–Crippen LogP) is 11.6. The molecule has 6 aromatic carbocycles. The molecule has 4 aromatic heterocycles. The molecule has 0 fully saturated rings. The summed E-state index contributed by atoms with van der Waals surface area (Å²) in [4.78, 5) is 30.2. The number of pyridine rings is 1. The van der Waals surface area contributed by atoms with E-state index in [1.54, 1.807) is 12.4 Å². The Morgan fingerprint density at radius 2 is 0.745 bits per heavy atom. The third-order valence-corrected chi connectivity index (χ3v) is 9.64. The maximum Gasteiger partial charge on any atom is 0.164 e. The topological polar surface area (TPSA) is 90.5 Å². The van der Waals surface area contributed by atoms with Crippen LogP contribution in [0.25, 0.3) is 101 Å². The van der Waals surface area contributed by atoms with Gasteiger partial charge in [0.05, 0.1) is 22.8 Å². The van der Waals surface area contributed by atoms with Gasteiger partial charge in [0.1, 0.15) is 11.2 Å². The van der Waals surface area contributed by atoms with Gasteiger partial charge in [-0.2, -0.15) is 0 Å². The molecule has 0 aliphatic carbocycles. The lowest BCUT2D eigenvalue weighted by molar-refractivity contribution is 0.669. The van der Waals surface area contributed by atoms with E-state index >= 15 is 0 Å². The van der Waals surface area contributed by atoms with Gasteiger partial charge < -0.3 is 4.42 Å². The van der Waals surface area contributed by atoms with Crippen LogP contribution in [0.5, 0.6) is 0 Å². The van der Waals surface area contributed by atoms with Crippen LogP contribution in [0.2, 0.25) is 0 Å². The molecule has 0 radical (unpaired) electrons. The average Bonchev–Trinajstić information content (AvgIpc) is 3.65. The zero-order chi connectivity index (χ0) is 36.6. The zero-order valence-corrected chi connectivity index (χ0v) is 29.4. The largest absolute Gasteiger partial charge is 0.456 e. The van der Waals surface area contributed by atoms with E-state index in [0.717, 1.165) is 83.7 Å². The number of para-hydroxylation sites is 1. The number of rotatable bonds is 7. The van der Waals surface area contributed by atoms with E-state index in [1.807, 2.05) is 121 Å². The van der Waals surface area contributed by atoms with Crippen molar-refractivity contribution in [1.82, 2.24) is 29.9 Å². The number of nitrogens with zero attached hydrogens (tertiary/aromatic N) is 6. The first-order valence-corrected chi connectivity index (χ1v) is 18.0. The minimum atomic E-state index is 0.540. The summed E-state index contributed by atoms with van der Waals surface area (Å²) < 4.78 is 6.25. The van der Waals surface area contributed by atoms with Crippen LogP contribution in [0.15, 0.2) is 187 Å². The highest BCUT2D eigenvalue weighted by Gasteiger charge is 2.21. The van der Waals surface area contributed by atoms with Crippen molar-refractivity contribution in [3.63, 3.8) is 0 Å². The fraction of sp³-hybridized carbons (Fsp3) is 0. The molecule has 0 N–H and O–H groups in total. The van der Waals surface area contributed by atoms with E-state index < -0.39 is 0 Å². The van der Waals surface area contributed by atoms with Crippen molar-refractivity contribution in [1.29, 1.82) is 0 Å². The van der Waals surface area contributed by atoms with Crippen molar-refractivity contribution in [3.8, 4) is 79.2 Å². The molecule has 10 aromatic rings. The van der Waals surface area contributed by atoms with Crippen molar-refractivity contribution in [2.45, 2.75) is 0 Å². The minimum Gasteiger partial charge on any atom is -0.456 e. The summed E-state index contributed by atoms with van der Waals surface area (Å²) >= 11 is 0. The second-order valence-electron chi connectivity index (χ2n) is 13.1. The van der Waals surface area contributed by atoms with Gasteiger partial charge in [-0.1, -0.05) is 133 Å². The summed E-state index contributed by atoms with van der Waals surface area (Å²) in [7, 11) is 0. The van der Waals surface area contributed by atoms with Crippen molar-refractivity contribution < 1.29 is 4.42 Å². The molecule has 7 nitrogen and oxygen atoms in total. The summed E-state index contributed by atoms with van der Waals surface area (Å²) in [6, 6.07) is 56.7. The van der Waals surface area contributed by atoms with Gasteiger partial charge in [-0.15, -0.1) is 0 Å². The first-order valence-electron chi connectivity index (χ1n) is 18.0. The number of hydrogen-bond acceptors (Lipinski definition) is 7. The first-order chi connectivity index (χ1) is 27.2. The van der Waals surface area contributed by atoms with E-state index in [1.165, 1.54) is 0 Å². The van der Waals surface area contributed by atoms with Crippen LogP contribution < -0.4 is 0 Å². The van der Waals surface area contributed by atoms with E-state index in [0.29, 0.717) is 17.5 Å². The van der Waals surface area contributed by atoms with Crippen LogP contribution in [-0.4, -0.2) is 29.9 Å². The zero-order valence-electron chi connectivity index (χ0n) is 29.4. The third-order valence-electron chi connectivity index (χ3n) is 9.64. The van der Waals surface area contributed by atoms with Crippen molar-refractivity contribution in [2.24, 2.45) is 0 Å². The fourth-order valence-corrected chi connectivity index (χ4v) is 6.96. The Morgan fingerprint density at radius 3 is 1.38 bits per heavy atom. The standard InChI is InChI=1S/C48H30N6O/c1-4-13-31(14-5-1)42-43(32-15-6-2-7-16-32)51-45(44(50-42)33-25-27-49-28-26-33)35-19-12-20-36(29-35)47-52-46(34-17-8-3-9-18-34)53-48(54-47)37-23-24-39-38-21-10-11-22-40(38)55-41(39)30-37/h1-30H. The van der Waals surface area contributed by atoms with E-state index in [2.05, 4.69) is 53.5 Å². The minimum absolute atomic E-state index is 0.540. The molecule has 0 unspecified atom stereocenters. The number of benzene rings is 6. The predicted molar refractivity (Wildman–Crippen MR) is 219 cm³/mol. The molecule has 0 spiro atoms. The molecular weight excluding hydrogens is 677 g/mol. The molecule has 7 heteroatoms. The molecule has 258 valence electrons. The van der Waals surface area contributed by atoms with Gasteiger partial charge in [-0.05, 0) is 36.4 Å². The molecule has 0 bridgehead atoms. The summed E-state index contributed by atoms with van der Waals surface area (Å²) in [5, 5.41) is 2.12. The van der Waals surface area contributed by atoms with Crippen LogP contribution >= 0.6 is 0 Å². The monoisotopic (exact) mass is 706 g/mol. The molecule has 0 saturated carbocycles. The van der Waals surface area contributed by atoms with Crippen LogP contribution in [0, 0.1) is 0 Å². The summed E-state index contributed by atoms with van der Waals surface area (Å²) in [6.45, 7) is 0. The highest BCUT2D eigenvalue weighted by molar-refractivity contribution is 6.05. The Morgan fingerprint density at radius 1 is 0.291 bits per heavy atom. The van der Waals surface area contributed by atoms with Crippen LogP contribution in [0.4, 0.5) is 0 Å². The lowest BCUT2D eigenvalue weighted by atomic mass is 9.99. The van der Waals surface area contributed by atoms with E-state index in [4.69, 9.17) is 29.3 Å². The van der Waals surface area contributed by atoms with Crippen molar-refractivity contribution >= 4 is 21.9 Å². The van der Waals surface area contributed by atoms with Crippen molar-refractivity contribution in [2.75, 3.05) is 0 Å². The fourth-order valence-electron chi connectivity index (χ4n) is 6.96. The van der Waals surface area contributed by atoms with Crippen LogP contribution in [0.1, 0.15) is 0 Å². The van der Waals surface area contributed by atoms with Crippen molar-refractivity contribution in [3.05, 3.63) is 182 Å². The van der Waals surface area contributed by atoms with E-state index in [-0.39, 0.29) is 0 Å². The third kappa shape index (κ3) is 6.09. The van der Waals surface area contributed by atoms with Gasteiger partial charge in [-0.3, -0.25) is 4.98 Å². The lowest BCUT2D eigenvalue weighted by Crippen LogP contribution is -2.02. The number of aromatic nitrogens is 6. The molecule has 4 heterocycles. The molecule has 0 atom stereocenters.